The molecule has 9 nitrogen and oxygen atoms in total. The lowest BCUT2D eigenvalue weighted by atomic mass is 9.99. The van der Waals surface area contributed by atoms with Crippen LogP contribution >= 0.6 is 0 Å². The van der Waals surface area contributed by atoms with E-state index in [0.717, 1.165) is 44.9 Å². The number of hydrogen-bond donors (Lipinski definition) is 6. The third-order valence-corrected chi connectivity index (χ3v) is 16.4. The van der Waals surface area contributed by atoms with Gasteiger partial charge in [-0.1, -0.05) is 306 Å². The van der Waals surface area contributed by atoms with E-state index in [9.17, 15) is 30.3 Å². The third kappa shape index (κ3) is 48.3. The molecule has 0 saturated carbocycles. The van der Waals surface area contributed by atoms with Crippen LogP contribution in [0.4, 0.5) is 0 Å². The molecule has 0 aromatic heterocycles. The van der Waals surface area contributed by atoms with Crippen molar-refractivity contribution in [2.45, 2.75) is 378 Å². The van der Waals surface area contributed by atoms with E-state index in [0.29, 0.717) is 6.42 Å². The number of allylic oxidation sites excluding steroid dienone is 7. The molecule has 6 N–H and O–H groups in total. The van der Waals surface area contributed by atoms with Crippen LogP contribution in [0.1, 0.15) is 335 Å². The number of ether oxygens (including phenoxy) is 2. The molecule has 7 unspecified atom stereocenters. The highest BCUT2D eigenvalue weighted by molar-refractivity contribution is 5.76. The molecule has 1 saturated heterocycles. The minimum Gasteiger partial charge on any atom is -0.394 e. The Kier molecular flexibility index (Phi) is 56.4. The fourth-order valence-corrected chi connectivity index (χ4v) is 11.0. The van der Waals surface area contributed by atoms with Gasteiger partial charge in [-0.05, 0) is 70.6 Å². The first-order valence-electron chi connectivity index (χ1n) is 34.4. The molecule has 464 valence electrons. The first kappa shape index (κ1) is 75.2. The molecule has 0 aromatic rings. The van der Waals surface area contributed by atoms with Crippen LogP contribution in [0.5, 0.6) is 0 Å². The summed E-state index contributed by atoms with van der Waals surface area (Å²) in [6, 6.07) is -0.829. The van der Waals surface area contributed by atoms with Gasteiger partial charge in [-0.2, -0.15) is 0 Å². The van der Waals surface area contributed by atoms with Gasteiger partial charge in [0.15, 0.2) is 6.29 Å². The molecular weight excluding hydrogens is 983 g/mol. The van der Waals surface area contributed by atoms with Crippen molar-refractivity contribution in [3.8, 4) is 0 Å². The van der Waals surface area contributed by atoms with E-state index >= 15 is 0 Å². The largest absolute Gasteiger partial charge is 0.394 e. The lowest BCUT2D eigenvalue weighted by molar-refractivity contribution is -0.302. The van der Waals surface area contributed by atoms with E-state index in [-0.39, 0.29) is 12.5 Å². The zero-order valence-corrected chi connectivity index (χ0v) is 51.9. The molecule has 0 bridgehead atoms. The summed E-state index contributed by atoms with van der Waals surface area (Å²) in [7, 11) is 0. The van der Waals surface area contributed by atoms with Crippen LogP contribution in [0.2, 0.25) is 0 Å². The first-order valence-corrected chi connectivity index (χ1v) is 34.4. The number of carbonyl (C=O) groups is 1. The molecule has 9 heteroatoms. The molecular formula is C70H131NO8. The Morgan fingerprint density at radius 3 is 1.06 bits per heavy atom. The molecule has 79 heavy (non-hydrogen) atoms. The maximum Gasteiger partial charge on any atom is 0.220 e. The van der Waals surface area contributed by atoms with Crippen LogP contribution in [0.25, 0.3) is 0 Å². The van der Waals surface area contributed by atoms with Gasteiger partial charge < -0.3 is 40.3 Å². The lowest BCUT2D eigenvalue weighted by Gasteiger charge is -2.40. The van der Waals surface area contributed by atoms with Gasteiger partial charge in [-0.3, -0.25) is 4.79 Å². The van der Waals surface area contributed by atoms with E-state index in [1.54, 1.807) is 6.08 Å². The second-order valence-electron chi connectivity index (χ2n) is 24.0. The number of amides is 1. The van der Waals surface area contributed by atoms with Gasteiger partial charge in [0.05, 0.1) is 25.4 Å². The van der Waals surface area contributed by atoms with Crippen molar-refractivity contribution < 1.29 is 39.8 Å². The third-order valence-electron chi connectivity index (χ3n) is 16.4. The molecule has 0 aromatic carbocycles. The summed E-state index contributed by atoms with van der Waals surface area (Å²) in [4.78, 5) is 13.1. The predicted molar refractivity (Wildman–Crippen MR) is 336 cm³/mol. The second-order valence-corrected chi connectivity index (χ2v) is 24.0. The van der Waals surface area contributed by atoms with Crippen LogP contribution in [-0.4, -0.2) is 87.5 Å². The Morgan fingerprint density at radius 2 is 0.722 bits per heavy atom. The SMILES string of the molecule is CCCCCCCCCC/C=C\CCCCCCCCCCCCCCCCCCCC(=O)NC(COC1OC(CO)C(O)C(O)C1O)C(O)/C=C/CC/C=C/CC/C=C/CCCCCCCCCCCCCCCCCCC. The van der Waals surface area contributed by atoms with Gasteiger partial charge in [0.2, 0.25) is 5.91 Å². The molecule has 0 spiro atoms. The van der Waals surface area contributed by atoms with Crippen molar-refractivity contribution in [2.24, 2.45) is 0 Å². The zero-order valence-electron chi connectivity index (χ0n) is 51.9. The van der Waals surface area contributed by atoms with Crippen LogP contribution < -0.4 is 5.32 Å². The Bertz CT molecular complexity index is 1380. The van der Waals surface area contributed by atoms with Crippen molar-refractivity contribution >= 4 is 5.91 Å². The van der Waals surface area contributed by atoms with Crippen LogP contribution in [0.3, 0.4) is 0 Å². The van der Waals surface area contributed by atoms with Crippen LogP contribution in [0.15, 0.2) is 48.6 Å². The summed E-state index contributed by atoms with van der Waals surface area (Å²) in [6.45, 7) is 3.80. The molecule has 1 fully saturated rings. The van der Waals surface area contributed by atoms with Gasteiger partial charge in [-0.15, -0.1) is 0 Å². The number of hydrogen-bond acceptors (Lipinski definition) is 8. The summed E-state index contributed by atoms with van der Waals surface area (Å²) < 4.78 is 11.3. The van der Waals surface area contributed by atoms with E-state index in [2.05, 4.69) is 55.6 Å². The van der Waals surface area contributed by atoms with E-state index in [1.165, 1.54) is 270 Å². The van der Waals surface area contributed by atoms with Crippen molar-refractivity contribution in [3.63, 3.8) is 0 Å². The average molecular weight is 1110 g/mol. The maximum absolute atomic E-state index is 13.1. The molecule has 1 aliphatic rings. The van der Waals surface area contributed by atoms with E-state index < -0.39 is 49.5 Å². The highest BCUT2D eigenvalue weighted by Gasteiger charge is 2.44. The molecule has 1 heterocycles. The quantitative estimate of drug-likeness (QED) is 0.0261. The number of unbranched alkanes of at least 4 members (excludes halogenated alkanes) is 44. The van der Waals surface area contributed by atoms with Gasteiger partial charge in [0, 0.05) is 6.42 Å². The Labute approximate surface area is 488 Å². The molecule has 1 amide bonds. The van der Waals surface area contributed by atoms with Crippen LogP contribution in [-0.2, 0) is 14.3 Å². The van der Waals surface area contributed by atoms with Gasteiger partial charge in [-0.25, -0.2) is 0 Å². The van der Waals surface area contributed by atoms with Crippen LogP contribution in [0, 0.1) is 0 Å². The highest BCUT2D eigenvalue weighted by atomic mass is 16.7. The summed E-state index contributed by atoms with van der Waals surface area (Å²) in [5, 5.41) is 54.7. The number of aliphatic hydroxyl groups is 5. The van der Waals surface area contributed by atoms with Crippen molar-refractivity contribution in [3.05, 3.63) is 48.6 Å². The van der Waals surface area contributed by atoms with Crippen molar-refractivity contribution in [2.75, 3.05) is 13.2 Å². The van der Waals surface area contributed by atoms with Gasteiger partial charge >= 0.3 is 0 Å². The highest BCUT2D eigenvalue weighted by Crippen LogP contribution is 2.23. The molecule has 7 atom stereocenters. The normalized spacial score (nSPS) is 18.8. The van der Waals surface area contributed by atoms with Gasteiger partial charge in [0.1, 0.15) is 24.4 Å². The Morgan fingerprint density at radius 1 is 0.418 bits per heavy atom. The summed E-state index contributed by atoms with van der Waals surface area (Å²) in [5.41, 5.74) is 0. The summed E-state index contributed by atoms with van der Waals surface area (Å²) in [6.07, 6.45) is 73.6. The zero-order chi connectivity index (χ0) is 57.2. The Balaban J connectivity index is 2.17. The lowest BCUT2D eigenvalue weighted by Crippen LogP contribution is -2.60. The standard InChI is InChI=1S/C70H131NO8/c1-3-5-7-9-11-13-15-17-19-21-23-25-27-29-31-32-34-36-38-40-42-44-46-48-50-52-54-56-58-60-66(74)71-63(62-78-70-69(77)68(76)67(75)65(61-72)79-70)64(73)59-57-55-53-51-49-47-45-43-41-39-37-35-33-30-28-26-24-22-20-18-16-14-12-10-8-6-4-2/h21,23,41,43,49,51,57,59,63-65,67-70,72-73,75-77H,3-20,22,24-40,42,44-48,50,52-56,58,60-62H2,1-2H3,(H,71,74)/b23-21-,43-41+,51-49+,59-57+. The number of aliphatic hydroxyl groups excluding tert-OH is 5. The maximum atomic E-state index is 13.1. The van der Waals surface area contributed by atoms with Crippen molar-refractivity contribution in [1.82, 2.24) is 5.32 Å². The number of rotatable bonds is 60. The van der Waals surface area contributed by atoms with E-state index in [4.69, 9.17) is 9.47 Å². The molecule has 0 aliphatic carbocycles. The smallest absolute Gasteiger partial charge is 0.220 e. The minimum absolute atomic E-state index is 0.185. The molecule has 1 aliphatic heterocycles. The average Bonchev–Trinajstić information content (AvgIpc) is 3.47. The predicted octanol–water partition coefficient (Wildman–Crippen LogP) is 18.4. The second kappa shape index (κ2) is 59.3. The fraction of sp³-hybridized carbons (Fsp3) is 0.871. The van der Waals surface area contributed by atoms with Gasteiger partial charge in [0.25, 0.3) is 0 Å². The van der Waals surface area contributed by atoms with Crippen molar-refractivity contribution in [1.29, 1.82) is 0 Å². The fourth-order valence-electron chi connectivity index (χ4n) is 11.0. The summed E-state index contributed by atoms with van der Waals surface area (Å²) in [5.74, 6) is -0.185. The first-order chi connectivity index (χ1) is 38.8. The molecule has 0 radical (unpaired) electrons. The number of nitrogens with one attached hydrogen (secondary N) is 1. The topological polar surface area (TPSA) is 149 Å². The Hall–Kier alpha value is -1.85. The monoisotopic (exact) mass is 1110 g/mol. The summed E-state index contributed by atoms with van der Waals surface area (Å²) >= 11 is 0. The minimum atomic E-state index is -1.58. The number of carbonyl (C=O) groups excluding carboxylic acids is 1. The van der Waals surface area contributed by atoms with E-state index in [1.807, 2.05) is 6.08 Å². The molecule has 1 rings (SSSR count).